The van der Waals surface area contributed by atoms with Gasteiger partial charge in [-0.25, -0.2) is 4.98 Å². The molecule has 0 aromatic carbocycles. The molecule has 0 bridgehead atoms. The number of rotatable bonds is 3. The van der Waals surface area contributed by atoms with Crippen molar-refractivity contribution in [2.24, 2.45) is 0 Å². The van der Waals surface area contributed by atoms with E-state index in [1.54, 1.807) is 0 Å². The molecule has 1 aliphatic rings. The second-order valence-electron chi connectivity index (χ2n) is 3.78. The highest BCUT2D eigenvalue weighted by Gasteiger charge is 2.18. The van der Waals surface area contributed by atoms with Crippen molar-refractivity contribution in [1.29, 1.82) is 0 Å². The maximum atomic E-state index is 10.5. The molecule has 1 saturated heterocycles. The first-order valence-corrected chi connectivity index (χ1v) is 6.00. The van der Waals surface area contributed by atoms with Crippen molar-refractivity contribution in [3.63, 3.8) is 0 Å². The molecule has 1 fully saturated rings. The number of nitrogens with zero attached hydrogens (tertiary/aromatic N) is 1. The number of piperidine rings is 1. The quantitative estimate of drug-likeness (QED) is 0.814. The molecule has 0 aliphatic carbocycles. The Hall–Kier alpha value is -0.940. The molecule has 15 heavy (non-hydrogen) atoms. The molecule has 0 radical (unpaired) electrons. The van der Waals surface area contributed by atoms with Crippen molar-refractivity contribution in [2.75, 3.05) is 13.1 Å². The van der Waals surface area contributed by atoms with E-state index >= 15 is 0 Å². The van der Waals surface area contributed by atoms with E-state index in [9.17, 15) is 4.79 Å². The van der Waals surface area contributed by atoms with Crippen molar-refractivity contribution in [3.05, 3.63) is 16.1 Å². The normalized spacial score (nSPS) is 21.5. The molecular formula is C10H14N2O2S. The molecule has 2 rings (SSSR count). The van der Waals surface area contributed by atoms with Crippen molar-refractivity contribution >= 4 is 17.3 Å². The summed E-state index contributed by atoms with van der Waals surface area (Å²) in [5.74, 6) is -0.338. The van der Waals surface area contributed by atoms with Gasteiger partial charge in [-0.05, 0) is 19.4 Å². The number of aliphatic carboxylic acids is 1. The zero-order valence-electron chi connectivity index (χ0n) is 8.40. The summed E-state index contributed by atoms with van der Waals surface area (Å²) >= 11 is 1.45. The number of carbonyl (C=O) groups is 1. The average molecular weight is 226 g/mol. The Morgan fingerprint density at radius 2 is 2.60 bits per heavy atom. The molecule has 4 nitrogen and oxygen atoms in total. The van der Waals surface area contributed by atoms with Crippen molar-refractivity contribution < 1.29 is 9.90 Å². The summed E-state index contributed by atoms with van der Waals surface area (Å²) in [5, 5.41) is 14.7. The third kappa shape index (κ3) is 2.76. The highest BCUT2D eigenvalue weighted by molar-refractivity contribution is 7.09. The standard InChI is InChI=1S/C10H14N2O2S/c13-10(14)4-9-12-8(6-15-9)7-2-1-3-11-5-7/h6-7,11H,1-5H2,(H,13,14). The summed E-state index contributed by atoms with van der Waals surface area (Å²) in [6.45, 7) is 2.05. The van der Waals surface area contributed by atoms with Gasteiger partial charge >= 0.3 is 5.97 Å². The molecular weight excluding hydrogens is 212 g/mol. The summed E-state index contributed by atoms with van der Waals surface area (Å²) in [6.07, 6.45) is 2.38. The van der Waals surface area contributed by atoms with E-state index in [1.807, 2.05) is 5.38 Å². The maximum Gasteiger partial charge on any atom is 0.310 e. The number of aromatic nitrogens is 1. The summed E-state index contributed by atoms with van der Waals surface area (Å²) in [6, 6.07) is 0. The van der Waals surface area contributed by atoms with E-state index in [0.29, 0.717) is 10.9 Å². The van der Waals surface area contributed by atoms with E-state index in [0.717, 1.165) is 25.2 Å². The van der Waals surface area contributed by atoms with E-state index in [1.165, 1.54) is 17.8 Å². The van der Waals surface area contributed by atoms with E-state index < -0.39 is 5.97 Å². The van der Waals surface area contributed by atoms with Crippen molar-refractivity contribution in [2.45, 2.75) is 25.2 Å². The van der Waals surface area contributed by atoms with Crippen molar-refractivity contribution in [3.8, 4) is 0 Å². The first-order chi connectivity index (χ1) is 7.25. The largest absolute Gasteiger partial charge is 0.481 e. The second kappa shape index (κ2) is 4.72. The Kier molecular flexibility index (Phi) is 3.33. The smallest absolute Gasteiger partial charge is 0.310 e. The zero-order chi connectivity index (χ0) is 10.7. The van der Waals surface area contributed by atoms with Gasteiger partial charge in [-0.2, -0.15) is 0 Å². The van der Waals surface area contributed by atoms with E-state index in [4.69, 9.17) is 5.11 Å². The Morgan fingerprint density at radius 1 is 1.73 bits per heavy atom. The van der Waals surface area contributed by atoms with Crippen LogP contribution < -0.4 is 5.32 Å². The Morgan fingerprint density at radius 3 is 3.27 bits per heavy atom. The summed E-state index contributed by atoms with van der Waals surface area (Å²) in [7, 11) is 0. The minimum atomic E-state index is -0.808. The van der Waals surface area contributed by atoms with Crippen LogP contribution in [-0.4, -0.2) is 29.1 Å². The molecule has 1 aromatic rings. The molecule has 5 heteroatoms. The van der Waals surface area contributed by atoms with Crippen LogP contribution in [0.25, 0.3) is 0 Å². The highest BCUT2D eigenvalue weighted by Crippen LogP contribution is 2.24. The van der Waals surface area contributed by atoms with Crippen LogP contribution in [0.5, 0.6) is 0 Å². The maximum absolute atomic E-state index is 10.5. The van der Waals surface area contributed by atoms with Gasteiger partial charge in [-0.1, -0.05) is 0 Å². The molecule has 82 valence electrons. The first-order valence-electron chi connectivity index (χ1n) is 5.12. The lowest BCUT2D eigenvalue weighted by Gasteiger charge is -2.20. The van der Waals surface area contributed by atoms with Gasteiger partial charge in [0.25, 0.3) is 0 Å². The van der Waals surface area contributed by atoms with Gasteiger partial charge in [0.1, 0.15) is 5.01 Å². The minimum absolute atomic E-state index is 0.0464. The van der Waals surface area contributed by atoms with Crippen LogP contribution in [0, 0.1) is 0 Å². The molecule has 1 atom stereocenters. The Bertz CT molecular complexity index is 345. The molecule has 2 heterocycles. The molecule has 0 amide bonds. The number of carboxylic acids is 1. The molecule has 0 saturated carbocycles. The predicted molar refractivity (Wildman–Crippen MR) is 58.3 cm³/mol. The van der Waals surface area contributed by atoms with Crippen LogP contribution in [0.15, 0.2) is 5.38 Å². The third-order valence-electron chi connectivity index (χ3n) is 2.59. The topological polar surface area (TPSA) is 62.2 Å². The first kappa shape index (κ1) is 10.6. The Balaban J connectivity index is 2.02. The molecule has 2 N–H and O–H groups in total. The van der Waals surface area contributed by atoms with Gasteiger partial charge in [0.05, 0.1) is 12.1 Å². The molecule has 1 aromatic heterocycles. The van der Waals surface area contributed by atoms with Gasteiger partial charge in [-0.3, -0.25) is 4.79 Å². The minimum Gasteiger partial charge on any atom is -0.481 e. The summed E-state index contributed by atoms with van der Waals surface area (Å²) in [5.41, 5.74) is 1.06. The average Bonchev–Trinajstić information content (AvgIpc) is 2.67. The van der Waals surface area contributed by atoms with Crippen molar-refractivity contribution in [1.82, 2.24) is 10.3 Å². The molecule has 0 spiro atoms. The number of thiazole rings is 1. The van der Waals surface area contributed by atoms with Crippen LogP contribution in [0.2, 0.25) is 0 Å². The summed E-state index contributed by atoms with van der Waals surface area (Å²) < 4.78 is 0. The SMILES string of the molecule is O=C(O)Cc1nc(C2CCCNC2)cs1. The lowest BCUT2D eigenvalue weighted by molar-refractivity contribution is -0.136. The van der Waals surface area contributed by atoms with Crippen LogP contribution >= 0.6 is 11.3 Å². The Labute approximate surface area is 92.3 Å². The second-order valence-corrected chi connectivity index (χ2v) is 4.72. The third-order valence-corrected chi connectivity index (χ3v) is 3.45. The van der Waals surface area contributed by atoms with Crippen LogP contribution in [0.1, 0.15) is 29.5 Å². The monoisotopic (exact) mass is 226 g/mol. The van der Waals surface area contributed by atoms with Gasteiger partial charge in [-0.15, -0.1) is 11.3 Å². The summed E-state index contributed by atoms with van der Waals surface area (Å²) in [4.78, 5) is 14.9. The molecule has 1 unspecified atom stereocenters. The highest BCUT2D eigenvalue weighted by atomic mass is 32.1. The number of carboxylic acid groups (broad SMARTS) is 1. The van der Waals surface area contributed by atoms with Crippen LogP contribution in [0.3, 0.4) is 0 Å². The number of nitrogens with one attached hydrogen (secondary N) is 1. The fraction of sp³-hybridized carbons (Fsp3) is 0.600. The lowest BCUT2D eigenvalue weighted by Crippen LogP contribution is -2.28. The predicted octanol–water partition coefficient (Wildman–Crippen LogP) is 1.24. The zero-order valence-corrected chi connectivity index (χ0v) is 9.22. The number of hydrogen-bond acceptors (Lipinski definition) is 4. The van der Waals surface area contributed by atoms with E-state index in [-0.39, 0.29) is 6.42 Å². The fourth-order valence-electron chi connectivity index (χ4n) is 1.83. The lowest BCUT2D eigenvalue weighted by atomic mass is 9.97. The molecule has 1 aliphatic heterocycles. The number of hydrogen-bond donors (Lipinski definition) is 2. The van der Waals surface area contributed by atoms with E-state index in [2.05, 4.69) is 10.3 Å². The fourth-order valence-corrected chi connectivity index (χ4v) is 2.69. The van der Waals surface area contributed by atoms with Gasteiger partial charge < -0.3 is 10.4 Å². The van der Waals surface area contributed by atoms with Gasteiger partial charge in [0.2, 0.25) is 0 Å². The van der Waals surface area contributed by atoms with Gasteiger partial charge in [0, 0.05) is 17.8 Å². The van der Waals surface area contributed by atoms with Crippen LogP contribution in [0.4, 0.5) is 0 Å². The van der Waals surface area contributed by atoms with Crippen LogP contribution in [-0.2, 0) is 11.2 Å². The van der Waals surface area contributed by atoms with Gasteiger partial charge in [0.15, 0.2) is 0 Å².